The Morgan fingerprint density at radius 1 is 1.29 bits per heavy atom. The summed E-state index contributed by atoms with van der Waals surface area (Å²) in [4.78, 5) is 24.6. The zero-order chi connectivity index (χ0) is 15.4. The quantitative estimate of drug-likeness (QED) is 0.401. The third kappa shape index (κ3) is 3.51. The zero-order valence-electron chi connectivity index (χ0n) is 12.2. The Balaban J connectivity index is 2.21. The number of non-ortho nitro benzene ring substituents is 1. The van der Waals surface area contributed by atoms with Crippen LogP contribution in [0.5, 0.6) is 0 Å². The summed E-state index contributed by atoms with van der Waals surface area (Å²) in [6.07, 6.45) is 6.61. The van der Waals surface area contributed by atoms with E-state index in [1.165, 1.54) is 31.0 Å². The Hall–Kier alpha value is -2.11. The third-order valence-electron chi connectivity index (χ3n) is 4.17. The van der Waals surface area contributed by atoms with Gasteiger partial charge in [0.25, 0.3) is 11.6 Å². The standard InChI is InChI=1S/C15H21N3O3/c1-17(11-6-4-2-3-5-7-11)15(19)13-10-12(18(20)21)8-9-14(13)16/h8-11H,2-7,16H2,1H3. The molecule has 1 fully saturated rings. The van der Waals surface area contributed by atoms with Crippen molar-refractivity contribution in [2.45, 2.75) is 44.6 Å². The van der Waals surface area contributed by atoms with Crippen molar-refractivity contribution in [3.63, 3.8) is 0 Å². The molecule has 2 rings (SSSR count). The maximum atomic E-state index is 12.6. The summed E-state index contributed by atoms with van der Waals surface area (Å²) < 4.78 is 0. The number of nitrogens with zero attached hydrogens (tertiary/aromatic N) is 2. The highest BCUT2D eigenvalue weighted by atomic mass is 16.6. The van der Waals surface area contributed by atoms with Gasteiger partial charge in [0.05, 0.1) is 10.5 Å². The van der Waals surface area contributed by atoms with Gasteiger partial charge >= 0.3 is 0 Å². The summed E-state index contributed by atoms with van der Waals surface area (Å²) >= 11 is 0. The number of nitro groups is 1. The number of nitrogen functional groups attached to an aromatic ring is 1. The fraction of sp³-hybridized carbons (Fsp3) is 0.533. The molecule has 114 valence electrons. The molecular formula is C15H21N3O3. The number of carbonyl (C=O) groups is 1. The SMILES string of the molecule is CN(C(=O)c1cc([N+](=O)[O-])ccc1N)C1CCCCCC1. The third-order valence-corrected chi connectivity index (χ3v) is 4.17. The highest BCUT2D eigenvalue weighted by Crippen LogP contribution is 2.25. The Labute approximate surface area is 124 Å². The van der Waals surface area contributed by atoms with Crippen molar-refractivity contribution in [2.75, 3.05) is 12.8 Å². The van der Waals surface area contributed by atoms with Gasteiger partial charge in [-0.15, -0.1) is 0 Å². The van der Waals surface area contributed by atoms with Crippen LogP contribution in [-0.2, 0) is 0 Å². The van der Waals surface area contributed by atoms with Gasteiger partial charge in [-0.25, -0.2) is 0 Å². The van der Waals surface area contributed by atoms with Gasteiger partial charge in [0.1, 0.15) is 0 Å². The van der Waals surface area contributed by atoms with Crippen molar-refractivity contribution in [1.29, 1.82) is 0 Å². The molecule has 21 heavy (non-hydrogen) atoms. The Bertz CT molecular complexity index is 537. The second-order valence-electron chi connectivity index (χ2n) is 5.59. The van der Waals surface area contributed by atoms with Crippen LogP contribution >= 0.6 is 0 Å². The summed E-state index contributed by atoms with van der Waals surface area (Å²) in [5.74, 6) is -0.233. The molecule has 1 aliphatic carbocycles. The smallest absolute Gasteiger partial charge is 0.270 e. The van der Waals surface area contributed by atoms with Crippen molar-refractivity contribution >= 4 is 17.3 Å². The van der Waals surface area contributed by atoms with Crippen LogP contribution in [0.2, 0.25) is 0 Å². The van der Waals surface area contributed by atoms with Crippen LogP contribution in [-0.4, -0.2) is 28.8 Å². The summed E-state index contributed by atoms with van der Waals surface area (Å²) in [6, 6.07) is 4.20. The predicted octanol–water partition coefficient (Wildman–Crippen LogP) is 2.97. The first-order chi connectivity index (χ1) is 10.0. The molecule has 1 saturated carbocycles. The lowest BCUT2D eigenvalue weighted by atomic mass is 10.1. The molecule has 0 bridgehead atoms. The monoisotopic (exact) mass is 291 g/mol. The van der Waals surface area contributed by atoms with E-state index in [9.17, 15) is 14.9 Å². The number of benzene rings is 1. The average molecular weight is 291 g/mol. The number of rotatable bonds is 3. The first-order valence-corrected chi connectivity index (χ1v) is 7.32. The van der Waals surface area contributed by atoms with Crippen molar-refractivity contribution in [3.05, 3.63) is 33.9 Å². The minimum atomic E-state index is -0.512. The topological polar surface area (TPSA) is 89.5 Å². The molecule has 6 nitrogen and oxygen atoms in total. The van der Waals surface area contributed by atoms with E-state index in [1.807, 2.05) is 0 Å². The van der Waals surface area contributed by atoms with E-state index in [-0.39, 0.29) is 28.9 Å². The molecule has 0 unspecified atom stereocenters. The highest BCUT2D eigenvalue weighted by molar-refractivity contribution is 5.99. The van der Waals surface area contributed by atoms with Crippen LogP contribution in [0.15, 0.2) is 18.2 Å². The Morgan fingerprint density at radius 3 is 2.48 bits per heavy atom. The molecule has 2 N–H and O–H groups in total. The molecule has 0 atom stereocenters. The fourth-order valence-electron chi connectivity index (χ4n) is 2.84. The molecule has 0 aliphatic heterocycles. The van der Waals surface area contributed by atoms with Crippen LogP contribution in [0.1, 0.15) is 48.9 Å². The van der Waals surface area contributed by atoms with Gasteiger partial charge in [-0.3, -0.25) is 14.9 Å². The number of amides is 1. The first kappa shape index (κ1) is 15.3. The maximum Gasteiger partial charge on any atom is 0.270 e. The molecule has 1 aromatic rings. The number of hydrogen-bond donors (Lipinski definition) is 1. The molecule has 0 saturated heterocycles. The van der Waals surface area contributed by atoms with E-state index in [2.05, 4.69) is 0 Å². The Kier molecular flexibility index (Phi) is 4.77. The van der Waals surface area contributed by atoms with Gasteiger partial charge in [-0.1, -0.05) is 25.7 Å². The van der Waals surface area contributed by atoms with E-state index < -0.39 is 4.92 Å². The van der Waals surface area contributed by atoms with Crippen LogP contribution < -0.4 is 5.73 Å². The van der Waals surface area contributed by atoms with E-state index >= 15 is 0 Å². The summed E-state index contributed by atoms with van der Waals surface area (Å²) in [5.41, 5.74) is 6.21. The molecule has 1 amide bonds. The maximum absolute atomic E-state index is 12.6. The summed E-state index contributed by atoms with van der Waals surface area (Å²) in [7, 11) is 1.76. The van der Waals surface area contributed by atoms with Crippen LogP contribution in [0, 0.1) is 10.1 Å². The first-order valence-electron chi connectivity index (χ1n) is 7.32. The average Bonchev–Trinajstić information content (AvgIpc) is 2.75. The van der Waals surface area contributed by atoms with E-state index in [1.54, 1.807) is 11.9 Å². The van der Waals surface area contributed by atoms with Gasteiger partial charge < -0.3 is 10.6 Å². The van der Waals surface area contributed by atoms with Crippen LogP contribution in [0.25, 0.3) is 0 Å². The molecule has 6 heteroatoms. The van der Waals surface area contributed by atoms with Crippen molar-refractivity contribution in [1.82, 2.24) is 4.90 Å². The second kappa shape index (κ2) is 6.56. The van der Waals surface area contributed by atoms with Crippen LogP contribution in [0.4, 0.5) is 11.4 Å². The molecule has 0 radical (unpaired) electrons. The molecular weight excluding hydrogens is 270 g/mol. The summed E-state index contributed by atoms with van der Waals surface area (Å²) in [6.45, 7) is 0. The number of nitrogens with two attached hydrogens (primary N) is 1. The van der Waals surface area contributed by atoms with Gasteiger partial charge in [0.2, 0.25) is 0 Å². The van der Waals surface area contributed by atoms with E-state index in [0.717, 1.165) is 25.7 Å². The normalized spacial score (nSPS) is 16.2. The number of nitro benzene ring substituents is 1. The van der Waals surface area contributed by atoms with Crippen LogP contribution in [0.3, 0.4) is 0 Å². The Morgan fingerprint density at radius 2 is 1.90 bits per heavy atom. The van der Waals surface area contributed by atoms with Crippen molar-refractivity contribution in [3.8, 4) is 0 Å². The molecule has 1 aliphatic rings. The lowest BCUT2D eigenvalue weighted by molar-refractivity contribution is -0.384. The molecule has 0 aromatic heterocycles. The van der Waals surface area contributed by atoms with Gasteiger partial charge in [0.15, 0.2) is 0 Å². The van der Waals surface area contributed by atoms with Crippen molar-refractivity contribution < 1.29 is 9.72 Å². The molecule has 1 aromatic carbocycles. The predicted molar refractivity (Wildman–Crippen MR) is 81.1 cm³/mol. The molecule has 0 heterocycles. The van der Waals surface area contributed by atoms with E-state index in [0.29, 0.717) is 0 Å². The van der Waals surface area contributed by atoms with Gasteiger partial charge in [-0.2, -0.15) is 0 Å². The fourth-order valence-corrected chi connectivity index (χ4v) is 2.84. The van der Waals surface area contributed by atoms with Gasteiger partial charge in [-0.05, 0) is 18.9 Å². The van der Waals surface area contributed by atoms with E-state index in [4.69, 9.17) is 5.73 Å². The lowest BCUT2D eigenvalue weighted by Crippen LogP contribution is -2.37. The largest absolute Gasteiger partial charge is 0.398 e. The second-order valence-corrected chi connectivity index (χ2v) is 5.59. The lowest BCUT2D eigenvalue weighted by Gasteiger charge is -2.27. The number of carbonyl (C=O) groups excluding carboxylic acids is 1. The zero-order valence-corrected chi connectivity index (χ0v) is 12.2. The molecule has 0 spiro atoms. The van der Waals surface area contributed by atoms with Gasteiger partial charge in [0, 0.05) is 30.9 Å². The summed E-state index contributed by atoms with van der Waals surface area (Å²) in [5, 5.41) is 10.8. The minimum Gasteiger partial charge on any atom is -0.398 e. The minimum absolute atomic E-state index is 0.109. The van der Waals surface area contributed by atoms with Crippen molar-refractivity contribution in [2.24, 2.45) is 0 Å². The number of anilines is 1. The number of hydrogen-bond acceptors (Lipinski definition) is 4. The highest BCUT2D eigenvalue weighted by Gasteiger charge is 2.24.